The Morgan fingerprint density at radius 1 is 1.32 bits per heavy atom. The van der Waals surface area contributed by atoms with Gasteiger partial charge in [-0.05, 0) is 48.8 Å². The average molecular weight is 257 g/mol. The van der Waals surface area contributed by atoms with E-state index in [1.807, 2.05) is 6.20 Å². The Bertz CT molecular complexity index is 570. The van der Waals surface area contributed by atoms with Gasteiger partial charge in [0.05, 0.1) is 11.7 Å². The molecule has 0 amide bonds. The van der Waals surface area contributed by atoms with Crippen molar-refractivity contribution in [2.75, 3.05) is 5.32 Å². The van der Waals surface area contributed by atoms with Crippen LogP contribution in [0.15, 0.2) is 24.4 Å². The van der Waals surface area contributed by atoms with Crippen LogP contribution in [0.5, 0.6) is 0 Å². The average Bonchev–Trinajstić information content (AvgIpc) is 2.73. The number of hydrogen-bond donors (Lipinski definition) is 2. The van der Waals surface area contributed by atoms with Gasteiger partial charge in [0.25, 0.3) is 0 Å². The smallest absolute Gasteiger partial charge is 0.0651 e. The standard InChI is InChI=1S/C16H23N3/c1-11-6-14(9-16(2,3)8-11)18-13-4-5-15-12(7-13)10-17-19-15/h4-5,7,10-11,14,18H,6,8-9H2,1-3H3,(H,17,19). The van der Waals surface area contributed by atoms with Crippen LogP contribution in [0.2, 0.25) is 0 Å². The summed E-state index contributed by atoms with van der Waals surface area (Å²) >= 11 is 0. The number of rotatable bonds is 2. The summed E-state index contributed by atoms with van der Waals surface area (Å²) in [7, 11) is 0. The van der Waals surface area contributed by atoms with Crippen LogP contribution in [0.25, 0.3) is 10.9 Å². The quantitative estimate of drug-likeness (QED) is 0.847. The summed E-state index contributed by atoms with van der Waals surface area (Å²) in [6.45, 7) is 7.14. The SMILES string of the molecule is CC1CC(Nc2ccc3[nH]ncc3c2)CC(C)(C)C1. The first kappa shape index (κ1) is 12.5. The molecule has 1 fully saturated rings. The maximum absolute atomic E-state index is 4.07. The summed E-state index contributed by atoms with van der Waals surface area (Å²) in [5, 5.41) is 11.9. The Balaban J connectivity index is 1.76. The molecule has 0 radical (unpaired) electrons. The van der Waals surface area contributed by atoms with Crippen molar-refractivity contribution in [1.29, 1.82) is 0 Å². The second kappa shape index (κ2) is 4.55. The van der Waals surface area contributed by atoms with Crippen LogP contribution in [0.1, 0.15) is 40.0 Å². The normalized spacial score (nSPS) is 26.5. The van der Waals surface area contributed by atoms with Crippen LogP contribution in [0.4, 0.5) is 5.69 Å². The van der Waals surface area contributed by atoms with E-state index < -0.39 is 0 Å². The molecule has 0 spiro atoms. The van der Waals surface area contributed by atoms with Gasteiger partial charge in [-0.2, -0.15) is 5.10 Å². The highest BCUT2D eigenvalue weighted by atomic mass is 15.1. The van der Waals surface area contributed by atoms with E-state index in [0.717, 1.165) is 11.4 Å². The molecule has 0 aliphatic heterocycles. The van der Waals surface area contributed by atoms with E-state index in [1.165, 1.54) is 30.3 Å². The minimum absolute atomic E-state index is 0.453. The molecule has 2 unspecified atom stereocenters. The summed E-state index contributed by atoms with van der Waals surface area (Å²) in [6.07, 6.45) is 5.74. The van der Waals surface area contributed by atoms with Gasteiger partial charge in [0.15, 0.2) is 0 Å². The second-order valence-electron chi connectivity index (χ2n) is 6.93. The highest BCUT2D eigenvalue weighted by Crippen LogP contribution is 2.39. The van der Waals surface area contributed by atoms with E-state index in [9.17, 15) is 0 Å². The topological polar surface area (TPSA) is 40.7 Å². The molecule has 1 aliphatic carbocycles. The van der Waals surface area contributed by atoms with Crippen molar-refractivity contribution >= 4 is 16.6 Å². The third kappa shape index (κ3) is 2.75. The summed E-state index contributed by atoms with van der Waals surface area (Å²) in [5.41, 5.74) is 2.77. The number of fused-ring (bicyclic) bond motifs is 1. The lowest BCUT2D eigenvalue weighted by Crippen LogP contribution is -2.35. The Hall–Kier alpha value is -1.51. The number of anilines is 1. The van der Waals surface area contributed by atoms with Crippen LogP contribution in [0, 0.1) is 11.3 Å². The number of nitrogens with one attached hydrogen (secondary N) is 2. The minimum atomic E-state index is 0.453. The minimum Gasteiger partial charge on any atom is -0.382 e. The summed E-state index contributed by atoms with van der Waals surface area (Å²) in [6, 6.07) is 7.02. The fraction of sp³-hybridized carbons (Fsp3) is 0.562. The highest BCUT2D eigenvalue weighted by molar-refractivity contribution is 5.81. The molecule has 1 aromatic carbocycles. The molecule has 3 nitrogen and oxygen atoms in total. The molecule has 19 heavy (non-hydrogen) atoms. The van der Waals surface area contributed by atoms with Crippen molar-refractivity contribution < 1.29 is 0 Å². The summed E-state index contributed by atoms with van der Waals surface area (Å²) < 4.78 is 0. The van der Waals surface area contributed by atoms with E-state index in [4.69, 9.17) is 0 Å². The van der Waals surface area contributed by atoms with E-state index in [-0.39, 0.29) is 0 Å². The first-order valence-corrected chi connectivity index (χ1v) is 7.21. The van der Waals surface area contributed by atoms with Crippen LogP contribution in [-0.2, 0) is 0 Å². The first-order chi connectivity index (χ1) is 9.02. The zero-order chi connectivity index (χ0) is 13.5. The van der Waals surface area contributed by atoms with Gasteiger partial charge in [-0.15, -0.1) is 0 Å². The van der Waals surface area contributed by atoms with Crippen LogP contribution in [-0.4, -0.2) is 16.2 Å². The van der Waals surface area contributed by atoms with Gasteiger partial charge in [-0.25, -0.2) is 0 Å². The van der Waals surface area contributed by atoms with Crippen LogP contribution >= 0.6 is 0 Å². The molecular formula is C16H23N3. The third-order valence-electron chi connectivity index (χ3n) is 4.20. The van der Waals surface area contributed by atoms with Crippen LogP contribution in [0.3, 0.4) is 0 Å². The zero-order valence-corrected chi connectivity index (χ0v) is 12.0. The zero-order valence-electron chi connectivity index (χ0n) is 12.0. The van der Waals surface area contributed by atoms with Crippen molar-refractivity contribution in [2.24, 2.45) is 11.3 Å². The number of nitrogens with zero attached hydrogens (tertiary/aromatic N) is 1. The first-order valence-electron chi connectivity index (χ1n) is 7.21. The molecule has 1 aromatic heterocycles. The van der Waals surface area contributed by atoms with Gasteiger partial charge in [-0.1, -0.05) is 20.8 Å². The molecule has 102 valence electrons. The number of hydrogen-bond acceptors (Lipinski definition) is 2. The molecule has 0 saturated heterocycles. The van der Waals surface area contributed by atoms with Gasteiger partial charge >= 0.3 is 0 Å². The van der Waals surface area contributed by atoms with E-state index >= 15 is 0 Å². The maximum atomic E-state index is 4.07. The number of aromatic nitrogens is 2. The lowest BCUT2D eigenvalue weighted by Gasteiger charge is -2.39. The van der Waals surface area contributed by atoms with Crippen molar-refractivity contribution in [3.05, 3.63) is 24.4 Å². The number of H-pyrrole nitrogens is 1. The number of aromatic amines is 1. The van der Waals surface area contributed by atoms with Gasteiger partial charge in [0, 0.05) is 17.1 Å². The van der Waals surface area contributed by atoms with Gasteiger partial charge < -0.3 is 5.32 Å². The lowest BCUT2D eigenvalue weighted by molar-refractivity contribution is 0.178. The maximum Gasteiger partial charge on any atom is 0.0651 e. The largest absolute Gasteiger partial charge is 0.382 e. The van der Waals surface area contributed by atoms with Crippen LogP contribution < -0.4 is 5.32 Å². The van der Waals surface area contributed by atoms with E-state index in [2.05, 4.69) is 54.5 Å². The Morgan fingerprint density at radius 2 is 2.16 bits per heavy atom. The van der Waals surface area contributed by atoms with Crippen molar-refractivity contribution in [3.63, 3.8) is 0 Å². The molecule has 0 bridgehead atoms. The van der Waals surface area contributed by atoms with E-state index in [1.54, 1.807) is 0 Å². The monoisotopic (exact) mass is 257 g/mol. The molecule has 2 atom stereocenters. The fourth-order valence-corrected chi connectivity index (χ4v) is 3.72. The summed E-state index contributed by atoms with van der Waals surface area (Å²) in [5.74, 6) is 0.805. The van der Waals surface area contributed by atoms with Gasteiger partial charge in [-0.3, -0.25) is 5.10 Å². The highest BCUT2D eigenvalue weighted by Gasteiger charge is 2.31. The van der Waals surface area contributed by atoms with Crippen molar-refractivity contribution in [1.82, 2.24) is 10.2 Å². The van der Waals surface area contributed by atoms with Crippen molar-refractivity contribution in [2.45, 2.75) is 46.1 Å². The Kier molecular flexibility index (Phi) is 3.00. The third-order valence-corrected chi connectivity index (χ3v) is 4.20. The molecule has 3 rings (SSSR count). The van der Waals surface area contributed by atoms with Gasteiger partial charge in [0.1, 0.15) is 0 Å². The Morgan fingerprint density at radius 3 is 2.95 bits per heavy atom. The Labute approximate surface area is 114 Å². The van der Waals surface area contributed by atoms with E-state index in [0.29, 0.717) is 11.5 Å². The molecule has 2 N–H and O–H groups in total. The molecule has 3 heteroatoms. The lowest BCUT2D eigenvalue weighted by atomic mass is 9.70. The molecule has 1 heterocycles. The number of benzene rings is 1. The second-order valence-corrected chi connectivity index (χ2v) is 6.93. The molecule has 1 aliphatic rings. The predicted molar refractivity (Wildman–Crippen MR) is 80.3 cm³/mol. The van der Waals surface area contributed by atoms with Gasteiger partial charge in [0.2, 0.25) is 0 Å². The molecule has 2 aromatic rings. The molecule has 1 saturated carbocycles. The summed E-state index contributed by atoms with van der Waals surface area (Å²) in [4.78, 5) is 0. The fourth-order valence-electron chi connectivity index (χ4n) is 3.72. The van der Waals surface area contributed by atoms with Crippen molar-refractivity contribution in [3.8, 4) is 0 Å². The predicted octanol–water partition coefficient (Wildman–Crippen LogP) is 4.19. The molecular weight excluding hydrogens is 234 g/mol.